The van der Waals surface area contributed by atoms with Crippen molar-refractivity contribution >= 4 is 11.6 Å². The molecule has 5 heteroatoms. The molecule has 0 spiro atoms. The predicted molar refractivity (Wildman–Crippen MR) is 80.5 cm³/mol. The molecule has 0 radical (unpaired) electrons. The van der Waals surface area contributed by atoms with Crippen molar-refractivity contribution in [1.29, 1.82) is 0 Å². The number of anilines is 1. The fraction of sp³-hybridized carbons (Fsp3) is 0.733. The molecule has 0 aromatic carbocycles. The van der Waals surface area contributed by atoms with Crippen LogP contribution in [0.5, 0.6) is 0 Å². The van der Waals surface area contributed by atoms with E-state index in [-0.39, 0.29) is 12.5 Å². The summed E-state index contributed by atoms with van der Waals surface area (Å²) in [7, 11) is 1.64. The summed E-state index contributed by atoms with van der Waals surface area (Å²) in [6.07, 6.45) is 7.37. The topological polar surface area (TPSA) is 59.0 Å². The second-order valence-corrected chi connectivity index (χ2v) is 6.85. The van der Waals surface area contributed by atoms with Crippen molar-refractivity contribution in [2.24, 2.45) is 11.3 Å². The molecule has 1 aromatic heterocycles. The fourth-order valence-electron chi connectivity index (χ4n) is 3.44. The zero-order valence-electron chi connectivity index (χ0n) is 12.9. The lowest BCUT2D eigenvalue weighted by atomic mass is 9.70. The molecule has 112 valence electrons. The minimum Gasteiger partial charge on any atom is -0.380 e. The molecular formula is C15H26N4O. The summed E-state index contributed by atoms with van der Waals surface area (Å²) < 4.78 is 1.67. The Kier molecular flexibility index (Phi) is 4.35. The van der Waals surface area contributed by atoms with Gasteiger partial charge in [0, 0.05) is 19.3 Å². The Bertz CT molecular complexity index is 466. The van der Waals surface area contributed by atoms with Crippen molar-refractivity contribution in [1.82, 2.24) is 15.1 Å². The normalized spacial score (nSPS) is 25.2. The van der Waals surface area contributed by atoms with Gasteiger partial charge in [-0.25, -0.2) is 0 Å². The summed E-state index contributed by atoms with van der Waals surface area (Å²) in [5.74, 6) is 0.712. The SMILES string of the molecule is CNC(=O)Cn1cc(NC2CC(C)CC(C)(C)C2)cn1. The second-order valence-electron chi connectivity index (χ2n) is 6.85. The van der Waals surface area contributed by atoms with E-state index < -0.39 is 0 Å². The van der Waals surface area contributed by atoms with Crippen molar-refractivity contribution in [2.75, 3.05) is 12.4 Å². The number of hydrogen-bond acceptors (Lipinski definition) is 3. The Morgan fingerprint density at radius 2 is 2.25 bits per heavy atom. The van der Waals surface area contributed by atoms with E-state index in [9.17, 15) is 4.79 Å². The summed E-state index contributed by atoms with van der Waals surface area (Å²) in [5.41, 5.74) is 1.40. The van der Waals surface area contributed by atoms with Crippen molar-refractivity contribution in [2.45, 2.75) is 52.6 Å². The number of nitrogens with one attached hydrogen (secondary N) is 2. The van der Waals surface area contributed by atoms with Gasteiger partial charge in [-0.2, -0.15) is 5.10 Å². The molecule has 2 unspecified atom stereocenters. The quantitative estimate of drug-likeness (QED) is 0.888. The Morgan fingerprint density at radius 3 is 2.90 bits per heavy atom. The summed E-state index contributed by atoms with van der Waals surface area (Å²) in [6.45, 7) is 7.27. The average Bonchev–Trinajstić information content (AvgIpc) is 2.73. The molecule has 1 heterocycles. The van der Waals surface area contributed by atoms with Crippen LogP contribution >= 0.6 is 0 Å². The van der Waals surface area contributed by atoms with E-state index in [1.165, 1.54) is 19.3 Å². The zero-order valence-corrected chi connectivity index (χ0v) is 12.9. The van der Waals surface area contributed by atoms with Crippen LogP contribution in [0.1, 0.15) is 40.0 Å². The zero-order chi connectivity index (χ0) is 14.8. The lowest BCUT2D eigenvalue weighted by molar-refractivity contribution is -0.121. The predicted octanol–water partition coefficient (Wildman–Crippen LogP) is 2.26. The highest BCUT2D eigenvalue weighted by atomic mass is 16.1. The Balaban J connectivity index is 1.94. The van der Waals surface area contributed by atoms with Crippen LogP contribution in [0, 0.1) is 11.3 Å². The standard InChI is InChI=1S/C15H26N4O/c1-11-5-12(7-15(2,3)6-11)18-13-8-17-19(9-13)10-14(20)16-4/h8-9,11-12,18H,5-7,10H2,1-4H3,(H,16,20). The van der Waals surface area contributed by atoms with Crippen LogP contribution < -0.4 is 10.6 Å². The maximum Gasteiger partial charge on any atom is 0.241 e. The molecule has 20 heavy (non-hydrogen) atoms. The number of nitrogens with zero attached hydrogens (tertiary/aromatic N) is 2. The van der Waals surface area contributed by atoms with Gasteiger partial charge in [0.2, 0.25) is 5.91 Å². The monoisotopic (exact) mass is 278 g/mol. The van der Waals surface area contributed by atoms with E-state index in [0.717, 1.165) is 11.6 Å². The molecule has 1 fully saturated rings. The average molecular weight is 278 g/mol. The van der Waals surface area contributed by atoms with Crippen LogP contribution in [0.4, 0.5) is 5.69 Å². The molecule has 1 saturated carbocycles. The van der Waals surface area contributed by atoms with Gasteiger partial charge in [0.25, 0.3) is 0 Å². The molecule has 2 atom stereocenters. The van der Waals surface area contributed by atoms with Gasteiger partial charge in [0.05, 0.1) is 11.9 Å². The highest BCUT2D eigenvalue weighted by Gasteiger charge is 2.31. The molecule has 1 amide bonds. The first kappa shape index (κ1) is 14.9. The molecule has 0 bridgehead atoms. The van der Waals surface area contributed by atoms with E-state index in [4.69, 9.17) is 0 Å². The summed E-state index contributed by atoms with van der Waals surface area (Å²) in [6, 6.07) is 0.492. The number of aromatic nitrogens is 2. The molecular weight excluding hydrogens is 252 g/mol. The number of likely N-dealkylation sites (N-methyl/N-ethyl adjacent to an activating group) is 1. The van der Waals surface area contributed by atoms with E-state index >= 15 is 0 Å². The Labute approximate surface area is 121 Å². The molecule has 1 aromatic rings. The molecule has 2 N–H and O–H groups in total. The summed E-state index contributed by atoms with van der Waals surface area (Å²) >= 11 is 0. The largest absolute Gasteiger partial charge is 0.380 e. The highest BCUT2D eigenvalue weighted by Crippen LogP contribution is 2.39. The van der Waals surface area contributed by atoms with Gasteiger partial charge in [0.15, 0.2) is 0 Å². The maximum atomic E-state index is 11.3. The van der Waals surface area contributed by atoms with E-state index in [1.54, 1.807) is 17.9 Å². The molecule has 0 saturated heterocycles. The van der Waals surface area contributed by atoms with Crippen molar-refractivity contribution in [3.8, 4) is 0 Å². The third-order valence-electron chi connectivity index (χ3n) is 3.98. The second kappa shape index (κ2) is 5.85. The van der Waals surface area contributed by atoms with Crippen LogP contribution in [0.3, 0.4) is 0 Å². The van der Waals surface area contributed by atoms with Crippen LogP contribution in [0.15, 0.2) is 12.4 Å². The van der Waals surface area contributed by atoms with Gasteiger partial charge in [-0.1, -0.05) is 20.8 Å². The number of carbonyl (C=O) groups is 1. The van der Waals surface area contributed by atoms with Crippen LogP contribution in [0.2, 0.25) is 0 Å². The number of amides is 1. The van der Waals surface area contributed by atoms with Crippen molar-refractivity contribution < 1.29 is 4.79 Å². The molecule has 2 rings (SSSR count). The third-order valence-corrected chi connectivity index (χ3v) is 3.98. The van der Waals surface area contributed by atoms with Crippen molar-refractivity contribution in [3.05, 3.63) is 12.4 Å². The van der Waals surface area contributed by atoms with Crippen LogP contribution in [0.25, 0.3) is 0 Å². The molecule has 0 aliphatic heterocycles. The van der Waals surface area contributed by atoms with Gasteiger partial charge in [-0.15, -0.1) is 0 Å². The smallest absolute Gasteiger partial charge is 0.241 e. The number of hydrogen-bond donors (Lipinski definition) is 2. The van der Waals surface area contributed by atoms with Gasteiger partial charge in [-0.3, -0.25) is 9.48 Å². The van der Waals surface area contributed by atoms with E-state index in [2.05, 4.69) is 36.5 Å². The van der Waals surface area contributed by atoms with Gasteiger partial charge < -0.3 is 10.6 Å². The first-order valence-corrected chi connectivity index (χ1v) is 7.37. The first-order valence-electron chi connectivity index (χ1n) is 7.37. The van der Waals surface area contributed by atoms with Gasteiger partial charge in [-0.05, 0) is 30.6 Å². The van der Waals surface area contributed by atoms with Crippen LogP contribution in [-0.2, 0) is 11.3 Å². The maximum absolute atomic E-state index is 11.3. The van der Waals surface area contributed by atoms with Gasteiger partial charge in [0.1, 0.15) is 6.54 Å². The fourth-order valence-corrected chi connectivity index (χ4v) is 3.44. The Hall–Kier alpha value is -1.52. The summed E-state index contributed by atoms with van der Waals surface area (Å²) in [4.78, 5) is 11.3. The Morgan fingerprint density at radius 1 is 1.50 bits per heavy atom. The minimum absolute atomic E-state index is 0.0351. The van der Waals surface area contributed by atoms with Crippen LogP contribution in [-0.4, -0.2) is 28.8 Å². The first-order chi connectivity index (χ1) is 9.38. The summed E-state index contributed by atoms with van der Waals surface area (Å²) in [5, 5.41) is 10.4. The van der Waals surface area contributed by atoms with E-state index in [0.29, 0.717) is 11.5 Å². The van der Waals surface area contributed by atoms with E-state index in [1.807, 2.05) is 6.20 Å². The molecule has 1 aliphatic carbocycles. The van der Waals surface area contributed by atoms with Gasteiger partial charge >= 0.3 is 0 Å². The third kappa shape index (κ3) is 3.99. The lowest BCUT2D eigenvalue weighted by Crippen LogP contribution is -2.35. The number of rotatable bonds is 4. The number of carbonyl (C=O) groups excluding carboxylic acids is 1. The minimum atomic E-state index is -0.0351. The molecule has 5 nitrogen and oxygen atoms in total. The van der Waals surface area contributed by atoms with Crippen molar-refractivity contribution in [3.63, 3.8) is 0 Å². The molecule has 1 aliphatic rings. The highest BCUT2D eigenvalue weighted by molar-refractivity contribution is 5.75. The lowest BCUT2D eigenvalue weighted by Gasteiger charge is -2.39.